The number of alkyl halides is 2. The highest BCUT2D eigenvalue weighted by molar-refractivity contribution is 7.99. The zero-order valence-electron chi connectivity index (χ0n) is 10.6. The summed E-state index contributed by atoms with van der Waals surface area (Å²) in [5.41, 5.74) is 0.561. The van der Waals surface area contributed by atoms with E-state index in [1.807, 2.05) is 0 Å². The van der Waals surface area contributed by atoms with Crippen LogP contribution in [0.5, 0.6) is 0 Å². The van der Waals surface area contributed by atoms with E-state index in [0.717, 1.165) is 0 Å². The summed E-state index contributed by atoms with van der Waals surface area (Å²) < 4.78 is 24.3. The number of piperidine rings is 1. The number of nitrogens with one attached hydrogen (secondary N) is 2. The molecule has 1 heterocycles. The first-order valence-corrected chi connectivity index (χ1v) is 7.05. The number of carbonyl (C=O) groups is 2. The third-order valence-corrected chi connectivity index (χ3v) is 3.71. The van der Waals surface area contributed by atoms with Crippen LogP contribution in [0.1, 0.15) is 12.8 Å². The Hall–Kier alpha value is -1.63. The van der Waals surface area contributed by atoms with Gasteiger partial charge in [-0.3, -0.25) is 9.59 Å². The van der Waals surface area contributed by atoms with Crippen LogP contribution in [0.15, 0.2) is 29.2 Å². The van der Waals surface area contributed by atoms with Gasteiger partial charge in [-0.25, -0.2) is 0 Å². The van der Waals surface area contributed by atoms with Crippen molar-refractivity contribution in [2.45, 2.75) is 23.5 Å². The molecule has 108 valence electrons. The summed E-state index contributed by atoms with van der Waals surface area (Å²) in [7, 11) is 0. The van der Waals surface area contributed by atoms with Crippen LogP contribution in [0.4, 0.5) is 14.5 Å². The van der Waals surface area contributed by atoms with Crippen LogP contribution in [-0.2, 0) is 9.59 Å². The van der Waals surface area contributed by atoms with Gasteiger partial charge in [0.25, 0.3) is 5.76 Å². The van der Waals surface area contributed by atoms with E-state index in [2.05, 4.69) is 10.6 Å². The number of amides is 2. The van der Waals surface area contributed by atoms with Gasteiger partial charge < -0.3 is 10.6 Å². The van der Waals surface area contributed by atoms with Crippen molar-refractivity contribution in [3.05, 3.63) is 24.3 Å². The van der Waals surface area contributed by atoms with E-state index in [-0.39, 0.29) is 17.7 Å². The quantitative estimate of drug-likeness (QED) is 0.840. The number of halogens is 2. The van der Waals surface area contributed by atoms with Crippen LogP contribution in [0, 0.1) is 5.92 Å². The van der Waals surface area contributed by atoms with Crippen molar-refractivity contribution in [1.82, 2.24) is 5.32 Å². The fraction of sp³-hybridized carbons (Fsp3) is 0.385. The molecule has 0 spiro atoms. The average Bonchev–Trinajstić information content (AvgIpc) is 2.41. The predicted molar refractivity (Wildman–Crippen MR) is 72.7 cm³/mol. The van der Waals surface area contributed by atoms with Gasteiger partial charge >= 0.3 is 0 Å². The Morgan fingerprint density at radius 3 is 2.60 bits per heavy atom. The average molecular weight is 300 g/mol. The minimum absolute atomic E-state index is 0.0394. The number of hydrogen-bond acceptors (Lipinski definition) is 3. The van der Waals surface area contributed by atoms with Crippen LogP contribution in [0.3, 0.4) is 0 Å². The predicted octanol–water partition coefficient (Wildman–Crippen LogP) is 2.47. The highest BCUT2D eigenvalue weighted by Crippen LogP contribution is 2.26. The van der Waals surface area contributed by atoms with Crippen molar-refractivity contribution >= 4 is 29.3 Å². The summed E-state index contributed by atoms with van der Waals surface area (Å²) in [5.74, 6) is -2.91. The van der Waals surface area contributed by atoms with Crippen LogP contribution in [0.25, 0.3) is 0 Å². The lowest BCUT2D eigenvalue weighted by atomic mass is 9.98. The van der Waals surface area contributed by atoms with Gasteiger partial charge in [-0.15, -0.1) is 0 Å². The number of rotatable bonds is 4. The molecule has 2 rings (SSSR count). The van der Waals surface area contributed by atoms with E-state index in [0.29, 0.717) is 41.7 Å². The van der Waals surface area contributed by atoms with Gasteiger partial charge in [-0.1, -0.05) is 11.8 Å². The number of anilines is 1. The third kappa shape index (κ3) is 4.19. The maximum atomic E-state index is 12.2. The lowest BCUT2D eigenvalue weighted by molar-refractivity contribution is -0.126. The SMILES string of the molecule is O=C1CCC(C(=O)Nc2ccc(SC(F)F)cc2)CN1. The fourth-order valence-corrected chi connectivity index (χ4v) is 2.42. The first kappa shape index (κ1) is 14.8. The zero-order chi connectivity index (χ0) is 14.5. The molecule has 1 atom stereocenters. The standard InChI is InChI=1S/C13H14F2N2O2S/c14-13(15)20-10-4-2-9(3-5-10)17-12(19)8-1-6-11(18)16-7-8/h2-5,8,13H,1,6-7H2,(H,16,18)(H,17,19). The third-order valence-electron chi connectivity index (χ3n) is 2.98. The van der Waals surface area contributed by atoms with E-state index < -0.39 is 5.76 Å². The maximum Gasteiger partial charge on any atom is 0.288 e. The molecule has 0 radical (unpaired) electrons. The van der Waals surface area contributed by atoms with Gasteiger partial charge in [-0.05, 0) is 30.7 Å². The number of thioether (sulfide) groups is 1. The van der Waals surface area contributed by atoms with Crippen LogP contribution < -0.4 is 10.6 Å². The van der Waals surface area contributed by atoms with Gasteiger partial charge in [0.1, 0.15) is 0 Å². The smallest absolute Gasteiger partial charge is 0.288 e. The first-order chi connectivity index (χ1) is 9.54. The molecule has 1 aliphatic rings. The van der Waals surface area contributed by atoms with Crippen molar-refractivity contribution in [3.8, 4) is 0 Å². The molecule has 2 amide bonds. The zero-order valence-corrected chi connectivity index (χ0v) is 11.4. The molecular weight excluding hydrogens is 286 g/mol. The topological polar surface area (TPSA) is 58.2 Å². The molecule has 0 aromatic heterocycles. The summed E-state index contributed by atoms with van der Waals surface area (Å²) in [6.07, 6.45) is 0.874. The Morgan fingerprint density at radius 1 is 1.35 bits per heavy atom. The van der Waals surface area contributed by atoms with Crippen molar-refractivity contribution in [2.24, 2.45) is 5.92 Å². The largest absolute Gasteiger partial charge is 0.355 e. The molecule has 0 bridgehead atoms. The Labute approximate surface area is 119 Å². The summed E-state index contributed by atoms with van der Waals surface area (Å²) in [6.45, 7) is 0.337. The molecule has 20 heavy (non-hydrogen) atoms. The number of benzene rings is 1. The second-order valence-electron chi connectivity index (χ2n) is 4.43. The Kier molecular flexibility index (Phi) is 4.94. The van der Waals surface area contributed by atoms with E-state index in [1.165, 1.54) is 12.1 Å². The first-order valence-electron chi connectivity index (χ1n) is 6.17. The minimum atomic E-state index is -2.46. The molecule has 1 unspecified atom stereocenters. The molecule has 2 N–H and O–H groups in total. The number of carbonyl (C=O) groups excluding carboxylic acids is 2. The molecule has 1 saturated heterocycles. The summed E-state index contributed by atoms with van der Waals surface area (Å²) in [5, 5.41) is 5.36. The molecular formula is C13H14F2N2O2S. The summed E-state index contributed by atoms with van der Waals surface area (Å²) >= 11 is 0.461. The second kappa shape index (κ2) is 6.69. The molecule has 1 fully saturated rings. The maximum absolute atomic E-state index is 12.2. The fourth-order valence-electron chi connectivity index (χ4n) is 1.92. The van der Waals surface area contributed by atoms with E-state index in [4.69, 9.17) is 0 Å². The van der Waals surface area contributed by atoms with Crippen LogP contribution in [0.2, 0.25) is 0 Å². The van der Waals surface area contributed by atoms with Crippen LogP contribution >= 0.6 is 11.8 Å². The molecule has 7 heteroatoms. The van der Waals surface area contributed by atoms with Crippen molar-refractivity contribution in [3.63, 3.8) is 0 Å². The molecule has 1 aliphatic heterocycles. The van der Waals surface area contributed by atoms with Crippen molar-refractivity contribution in [2.75, 3.05) is 11.9 Å². The Morgan fingerprint density at radius 2 is 2.05 bits per heavy atom. The monoisotopic (exact) mass is 300 g/mol. The molecule has 0 aliphatic carbocycles. The summed E-state index contributed by atoms with van der Waals surface area (Å²) in [6, 6.07) is 6.25. The second-order valence-corrected chi connectivity index (χ2v) is 5.50. The molecule has 0 saturated carbocycles. The number of hydrogen-bond donors (Lipinski definition) is 2. The van der Waals surface area contributed by atoms with Gasteiger partial charge in [0.05, 0.1) is 5.92 Å². The van der Waals surface area contributed by atoms with Crippen molar-refractivity contribution < 1.29 is 18.4 Å². The van der Waals surface area contributed by atoms with Gasteiger partial charge in [0, 0.05) is 23.5 Å². The summed E-state index contributed by atoms with van der Waals surface area (Å²) in [4.78, 5) is 23.4. The normalized spacial score (nSPS) is 18.8. The molecule has 1 aromatic rings. The molecule has 4 nitrogen and oxygen atoms in total. The molecule has 1 aromatic carbocycles. The Balaban J connectivity index is 1.89. The minimum Gasteiger partial charge on any atom is -0.355 e. The lowest BCUT2D eigenvalue weighted by Crippen LogP contribution is -2.40. The van der Waals surface area contributed by atoms with Gasteiger partial charge in [0.15, 0.2) is 0 Å². The van der Waals surface area contributed by atoms with E-state index in [1.54, 1.807) is 12.1 Å². The highest BCUT2D eigenvalue weighted by atomic mass is 32.2. The highest BCUT2D eigenvalue weighted by Gasteiger charge is 2.24. The lowest BCUT2D eigenvalue weighted by Gasteiger charge is -2.21. The van der Waals surface area contributed by atoms with Crippen LogP contribution in [-0.4, -0.2) is 24.1 Å². The van der Waals surface area contributed by atoms with Gasteiger partial charge in [0.2, 0.25) is 11.8 Å². The van der Waals surface area contributed by atoms with E-state index >= 15 is 0 Å². The Bertz CT molecular complexity index is 484. The van der Waals surface area contributed by atoms with Gasteiger partial charge in [-0.2, -0.15) is 8.78 Å². The van der Waals surface area contributed by atoms with Crippen molar-refractivity contribution in [1.29, 1.82) is 0 Å². The van der Waals surface area contributed by atoms with E-state index in [9.17, 15) is 18.4 Å².